The van der Waals surface area contributed by atoms with Crippen LogP contribution in [0.5, 0.6) is 0 Å². The van der Waals surface area contributed by atoms with Crippen molar-refractivity contribution >= 4 is 23.3 Å². The molecule has 0 radical (unpaired) electrons. The van der Waals surface area contributed by atoms with Crippen LogP contribution in [0.4, 0.5) is 5.82 Å². The molecule has 2 heterocycles. The van der Waals surface area contributed by atoms with Gasteiger partial charge in [0.15, 0.2) is 0 Å². The van der Waals surface area contributed by atoms with Gasteiger partial charge in [0, 0.05) is 5.56 Å². The molecule has 0 aliphatic carbocycles. The predicted molar refractivity (Wildman–Crippen MR) is 44.1 cm³/mol. The number of rotatable bonds is 0. The molecule has 0 saturated carbocycles. The van der Waals surface area contributed by atoms with Gasteiger partial charge < -0.3 is 5.32 Å². The zero-order valence-corrected chi connectivity index (χ0v) is 7.09. The van der Waals surface area contributed by atoms with Crippen molar-refractivity contribution in [1.29, 1.82) is 0 Å². The van der Waals surface area contributed by atoms with Gasteiger partial charge in [-0.3, -0.25) is 4.79 Å². The first-order chi connectivity index (χ1) is 5.70. The quantitative estimate of drug-likeness (QED) is 0.615. The van der Waals surface area contributed by atoms with E-state index in [1.54, 1.807) is 6.92 Å². The maximum absolute atomic E-state index is 11.1. The second kappa shape index (κ2) is 2.42. The Balaban J connectivity index is 2.62. The normalized spacial score (nSPS) is 20.5. The average molecular weight is 184 g/mol. The highest BCUT2D eigenvalue weighted by Gasteiger charge is 2.30. The van der Waals surface area contributed by atoms with Gasteiger partial charge in [0.1, 0.15) is 17.3 Å². The Morgan fingerprint density at radius 3 is 3.00 bits per heavy atom. The van der Waals surface area contributed by atoms with E-state index >= 15 is 0 Å². The van der Waals surface area contributed by atoms with Gasteiger partial charge in [0.25, 0.3) is 0 Å². The Morgan fingerprint density at radius 2 is 2.33 bits per heavy atom. The number of fused-ring (bicyclic) bond motifs is 1. The third-order valence-corrected chi connectivity index (χ3v) is 2.20. The van der Waals surface area contributed by atoms with E-state index in [1.165, 1.54) is 6.33 Å². The minimum atomic E-state index is -0.242. The lowest BCUT2D eigenvalue weighted by Crippen LogP contribution is -2.08. The standard InChI is InChI=1S/C7H6ClN3O/c1-3-4-5(8)9-2-10-6(4)11-7(3)12/h2-3H,1H3,(H,9,10,11,12)/t3-/m1/s1. The van der Waals surface area contributed by atoms with Crippen molar-refractivity contribution in [2.45, 2.75) is 12.8 Å². The summed E-state index contributed by atoms with van der Waals surface area (Å²) < 4.78 is 0. The molecule has 1 aromatic rings. The van der Waals surface area contributed by atoms with Gasteiger partial charge >= 0.3 is 0 Å². The van der Waals surface area contributed by atoms with E-state index < -0.39 is 0 Å². The average Bonchev–Trinajstić information content (AvgIpc) is 2.29. The SMILES string of the molecule is C[C@H]1C(=O)Nc2ncnc(Cl)c21. The summed E-state index contributed by atoms with van der Waals surface area (Å²) in [6.07, 6.45) is 1.33. The van der Waals surface area contributed by atoms with Crippen LogP contribution in [0.1, 0.15) is 18.4 Å². The van der Waals surface area contributed by atoms with Crippen molar-refractivity contribution in [3.8, 4) is 0 Å². The van der Waals surface area contributed by atoms with Gasteiger partial charge in [-0.2, -0.15) is 0 Å². The number of hydrogen-bond acceptors (Lipinski definition) is 3. The number of anilines is 1. The lowest BCUT2D eigenvalue weighted by Gasteiger charge is -1.99. The minimum absolute atomic E-state index is 0.0765. The summed E-state index contributed by atoms with van der Waals surface area (Å²) in [5, 5.41) is 2.97. The van der Waals surface area contributed by atoms with E-state index in [2.05, 4.69) is 15.3 Å². The molecule has 2 rings (SSSR count). The van der Waals surface area contributed by atoms with Crippen molar-refractivity contribution in [3.63, 3.8) is 0 Å². The molecule has 4 nitrogen and oxygen atoms in total. The molecular formula is C7H6ClN3O. The number of nitrogens with one attached hydrogen (secondary N) is 1. The van der Waals surface area contributed by atoms with Crippen molar-refractivity contribution in [3.05, 3.63) is 17.0 Å². The predicted octanol–water partition coefficient (Wildman–Crippen LogP) is 1.19. The summed E-state index contributed by atoms with van der Waals surface area (Å²) in [6, 6.07) is 0. The second-order valence-corrected chi connectivity index (χ2v) is 3.00. The third-order valence-electron chi connectivity index (χ3n) is 1.90. The largest absolute Gasteiger partial charge is 0.310 e. The van der Waals surface area contributed by atoms with Gasteiger partial charge in [-0.05, 0) is 6.92 Å². The number of carbonyl (C=O) groups is 1. The summed E-state index contributed by atoms with van der Waals surface area (Å²) >= 11 is 5.79. The lowest BCUT2D eigenvalue weighted by molar-refractivity contribution is -0.116. The fourth-order valence-corrected chi connectivity index (χ4v) is 1.51. The molecule has 1 aromatic heterocycles. The van der Waals surface area contributed by atoms with E-state index in [9.17, 15) is 4.79 Å². The van der Waals surface area contributed by atoms with Gasteiger partial charge in [-0.1, -0.05) is 11.6 Å². The molecule has 1 aliphatic rings. The Bertz CT molecular complexity index is 353. The molecule has 1 amide bonds. The molecular weight excluding hydrogens is 178 g/mol. The Labute approximate surface area is 74.0 Å². The van der Waals surface area contributed by atoms with Crippen LogP contribution < -0.4 is 5.32 Å². The third kappa shape index (κ3) is 0.881. The highest BCUT2D eigenvalue weighted by Crippen LogP contribution is 2.33. The summed E-state index contributed by atoms with van der Waals surface area (Å²) in [7, 11) is 0. The van der Waals surface area contributed by atoms with Crippen LogP contribution in [0.25, 0.3) is 0 Å². The van der Waals surface area contributed by atoms with Crippen LogP contribution in [-0.4, -0.2) is 15.9 Å². The van der Waals surface area contributed by atoms with Crippen LogP contribution in [0.15, 0.2) is 6.33 Å². The van der Waals surface area contributed by atoms with Crippen LogP contribution in [-0.2, 0) is 4.79 Å². The molecule has 1 aliphatic heterocycles. The smallest absolute Gasteiger partial charge is 0.233 e. The Kier molecular flexibility index (Phi) is 1.51. The first-order valence-corrected chi connectivity index (χ1v) is 3.89. The first-order valence-electron chi connectivity index (χ1n) is 3.51. The van der Waals surface area contributed by atoms with Crippen molar-refractivity contribution in [1.82, 2.24) is 9.97 Å². The van der Waals surface area contributed by atoms with Crippen LogP contribution >= 0.6 is 11.6 Å². The molecule has 1 N–H and O–H groups in total. The maximum atomic E-state index is 11.1. The Hall–Kier alpha value is -1.16. The number of hydrogen-bond donors (Lipinski definition) is 1. The monoisotopic (exact) mass is 183 g/mol. The van der Waals surface area contributed by atoms with Gasteiger partial charge in [-0.25, -0.2) is 9.97 Å². The van der Waals surface area contributed by atoms with Crippen LogP contribution in [0.3, 0.4) is 0 Å². The fourth-order valence-electron chi connectivity index (χ4n) is 1.21. The van der Waals surface area contributed by atoms with Gasteiger partial charge in [0.05, 0.1) is 5.92 Å². The minimum Gasteiger partial charge on any atom is -0.310 e. The number of carbonyl (C=O) groups excluding carboxylic acids is 1. The van der Waals surface area contributed by atoms with Crippen molar-refractivity contribution in [2.75, 3.05) is 5.32 Å². The van der Waals surface area contributed by atoms with Gasteiger partial charge in [0.2, 0.25) is 5.91 Å². The van der Waals surface area contributed by atoms with Gasteiger partial charge in [-0.15, -0.1) is 0 Å². The van der Waals surface area contributed by atoms with Crippen molar-refractivity contribution in [2.24, 2.45) is 0 Å². The molecule has 0 fully saturated rings. The number of amides is 1. The zero-order valence-electron chi connectivity index (χ0n) is 6.34. The highest BCUT2D eigenvalue weighted by atomic mass is 35.5. The number of nitrogens with zero attached hydrogens (tertiary/aromatic N) is 2. The summed E-state index contributed by atoms with van der Waals surface area (Å²) in [5.74, 6) is 0.216. The summed E-state index contributed by atoms with van der Waals surface area (Å²) in [4.78, 5) is 18.8. The molecule has 0 spiro atoms. The topological polar surface area (TPSA) is 54.9 Å². The highest BCUT2D eigenvalue weighted by molar-refractivity contribution is 6.31. The zero-order chi connectivity index (χ0) is 8.72. The van der Waals surface area contributed by atoms with Crippen LogP contribution in [0, 0.1) is 0 Å². The fraction of sp³-hybridized carbons (Fsp3) is 0.286. The molecule has 0 saturated heterocycles. The molecule has 5 heteroatoms. The molecule has 62 valence electrons. The Morgan fingerprint density at radius 1 is 1.58 bits per heavy atom. The molecule has 0 unspecified atom stereocenters. The second-order valence-electron chi connectivity index (χ2n) is 2.64. The molecule has 0 aromatic carbocycles. The lowest BCUT2D eigenvalue weighted by atomic mass is 10.1. The van der Waals surface area contributed by atoms with E-state index in [0.717, 1.165) is 0 Å². The van der Waals surface area contributed by atoms with E-state index in [1.807, 2.05) is 0 Å². The van der Waals surface area contributed by atoms with Crippen LogP contribution in [0.2, 0.25) is 5.15 Å². The van der Waals surface area contributed by atoms with E-state index in [4.69, 9.17) is 11.6 Å². The molecule has 1 atom stereocenters. The molecule has 0 bridgehead atoms. The number of halogens is 1. The van der Waals surface area contributed by atoms with Crippen molar-refractivity contribution < 1.29 is 4.79 Å². The number of aromatic nitrogens is 2. The summed E-state index contributed by atoms with van der Waals surface area (Å²) in [5.41, 5.74) is 0.698. The first kappa shape index (κ1) is 7.49. The maximum Gasteiger partial charge on any atom is 0.233 e. The molecule has 12 heavy (non-hydrogen) atoms. The summed E-state index contributed by atoms with van der Waals surface area (Å²) in [6.45, 7) is 1.77. The van der Waals surface area contributed by atoms with E-state index in [-0.39, 0.29) is 11.8 Å². The van der Waals surface area contributed by atoms with E-state index in [0.29, 0.717) is 16.5 Å².